The molecule has 0 aromatic carbocycles. The van der Waals surface area contributed by atoms with E-state index in [-0.39, 0.29) is 5.41 Å². The maximum Gasteiger partial charge on any atom is 0.0292 e. The van der Waals surface area contributed by atoms with Crippen LogP contribution in [0.3, 0.4) is 0 Å². The van der Waals surface area contributed by atoms with Crippen molar-refractivity contribution in [2.45, 2.75) is 27.2 Å². The molecule has 0 bridgehead atoms. The van der Waals surface area contributed by atoms with Gasteiger partial charge in [0.15, 0.2) is 0 Å². The summed E-state index contributed by atoms with van der Waals surface area (Å²) >= 11 is 0. The molecule has 0 saturated carbocycles. The zero-order valence-electron chi connectivity index (χ0n) is 6.49. The van der Waals surface area contributed by atoms with Crippen molar-refractivity contribution in [3.05, 3.63) is 12.7 Å². The Morgan fingerprint density at radius 2 is 2.11 bits per heavy atom. The van der Waals surface area contributed by atoms with Gasteiger partial charge < -0.3 is 0 Å². The van der Waals surface area contributed by atoms with Crippen LogP contribution in [0.25, 0.3) is 0 Å². The molecule has 0 radical (unpaired) electrons. The van der Waals surface area contributed by atoms with Crippen LogP contribution in [0.2, 0.25) is 0 Å². The highest BCUT2D eigenvalue weighted by Crippen LogP contribution is 2.18. The highest BCUT2D eigenvalue weighted by atomic mass is 14.1. The Hall–Kier alpha value is -0.700. The lowest BCUT2D eigenvalue weighted by Crippen LogP contribution is -2.05. The van der Waals surface area contributed by atoms with Gasteiger partial charge in [0.2, 0.25) is 0 Å². The van der Waals surface area contributed by atoms with E-state index >= 15 is 0 Å². The van der Waals surface area contributed by atoms with Crippen molar-refractivity contribution < 1.29 is 0 Å². The Morgan fingerprint density at radius 3 is 2.44 bits per heavy atom. The Balaban J connectivity index is 3.95. The fourth-order valence-corrected chi connectivity index (χ4v) is 0.750. The second-order valence-electron chi connectivity index (χ2n) is 2.75. The smallest absolute Gasteiger partial charge is 0.0292 e. The van der Waals surface area contributed by atoms with E-state index in [1.54, 1.807) is 0 Å². The van der Waals surface area contributed by atoms with Crippen molar-refractivity contribution in [2.75, 3.05) is 0 Å². The minimum atomic E-state index is 0.122. The summed E-state index contributed by atoms with van der Waals surface area (Å²) in [6.07, 6.45) is 2.87. The summed E-state index contributed by atoms with van der Waals surface area (Å²) in [6.45, 7) is 9.76. The zero-order valence-corrected chi connectivity index (χ0v) is 6.49. The highest BCUT2D eigenvalue weighted by molar-refractivity contribution is 5.08. The molecule has 0 rings (SSSR count). The first-order chi connectivity index (χ1) is 4.12. The Morgan fingerprint density at radius 1 is 1.56 bits per heavy atom. The molecular weight excluding hydrogens is 108 g/mol. The molecule has 0 aromatic heterocycles. The predicted octanol–water partition coefficient (Wildman–Crippen LogP) is 2.61. The predicted molar refractivity (Wildman–Crippen MR) is 42.0 cm³/mol. The maximum absolute atomic E-state index is 3.66. The summed E-state index contributed by atoms with van der Waals surface area (Å²) in [6, 6.07) is 0. The Bertz CT molecular complexity index is 141. The molecule has 0 fully saturated rings. The number of rotatable bonds is 2. The van der Waals surface area contributed by atoms with Gasteiger partial charge in [-0.05, 0) is 27.2 Å². The number of hydrogen-bond acceptors (Lipinski definition) is 0. The van der Waals surface area contributed by atoms with Gasteiger partial charge in [-0.2, -0.15) is 0 Å². The molecule has 0 N–H and O–H groups in total. The molecule has 0 spiro atoms. The van der Waals surface area contributed by atoms with Crippen molar-refractivity contribution in [2.24, 2.45) is 5.41 Å². The van der Waals surface area contributed by atoms with Gasteiger partial charge in [-0.1, -0.05) is 12.0 Å². The van der Waals surface area contributed by atoms with Gasteiger partial charge in [0, 0.05) is 5.41 Å². The molecule has 9 heavy (non-hydrogen) atoms. The summed E-state index contributed by atoms with van der Waals surface area (Å²) in [4.78, 5) is 0. The average Bonchev–Trinajstić information content (AvgIpc) is 1.64. The first-order valence-electron chi connectivity index (χ1n) is 3.17. The normalized spacial score (nSPS) is 9.67. The average molecular weight is 122 g/mol. The lowest BCUT2D eigenvalue weighted by Gasteiger charge is -2.13. The SMILES string of the molecule is C=CCC(C)(C)C#CC. The fraction of sp³-hybridized carbons (Fsp3) is 0.556. The van der Waals surface area contributed by atoms with Crippen LogP contribution in [0.5, 0.6) is 0 Å². The van der Waals surface area contributed by atoms with E-state index in [1.165, 1.54) is 0 Å². The molecule has 0 aliphatic rings. The van der Waals surface area contributed by atoms with Crippen LogP contribution >= 0.6 is 0 Å². The molecule has 0 aliphatic heterocycles. The van der Waals surface area contributed by atoms with Crippen molar-refractivity contribution in [3.63, 3.8) is 0 Å². The maximum atomic E-state index is 3.66. The molecule has 0 heteroatoms. The molecule has 0 atom stereocenters. The Kier molecular flexibility index (Phi) is 3.09. The molecule has 0 unspecified atom stereocenters. The van der Waals surface area contributed by atoms with Crippen LogP contribution in [-0.4, -0.2) is 0 Å². The third-order valence-corrected chi connectivity index (χ3v) is 1.12. The monoisotopic (exact) mass is 122 g/mol. The highest BCUT2D eigenvalue weighted by Gasteiger charge is 2.09. The van der Waals surface area contributed by atoms with Crippen LogP contribution in [0.15, 0.2) is 12.7 Å². The van der Waals surface area contributed by atoms with E-state index in [9.17, 15) is 0 Å². The molecule has 0 aliphatic carbocycles. The van der Waals surface area contributed by atoms with E-state index in [4.69, 9.17) is 0 Å². The van der Waals surface area contributed by atoms with Crippen molar-refractivity contribution in [1.29, 1.82) is 0 Å². The minimum Gasteiger partial charge on any atom is -0.106 e. The first kappa shape index (κ1) is 8.30. The lowest BCUT2D eigenvalue weighted by atomic mass is 9.90. The van der Waals surface area contributed by atoms with Gasteiger partial charge >= 0.3 is 0 Å². The van der Waals surface area contributed by atoms with Crippen molar-refractivity contribution >= 4 is 0 Å². The number of allylic oxidation sites excluding steroid dienone is 1. The zero-order chi connectivity index (χ0) is 7.33. The van der Waals surface area contributed by atoms with Crippen molar-refractivity contribution in [1.82, 2.24) is 0 Å². The topological polar surface area (TPSA) is 0 Å². The first-order valence-corrected chi connectivity index (χ1v) is 3.17. The third-order valence-electron chi connectivity index (χ3n) is 1.12. The van der Waals surface area contributed by atoms with E-state index in [0.29, 0.717) is 0 Å². The molecule has 50 valence electrons. The van der Waals surface area contributed by atoms with Gasteiger partial charge in [0.1, 0.15) is 0 Å². The van der Waals surface area contributed by atoms with Crippen LogP contribution in [-0.2, 0) is 0 Å². The van der Waals surface area contributed by atoms with E-state index < -0.39 is 0 Å². The molecule has 0 saturated heterocycles. The summed E-state index contributed by atoms with van der Waals surface area (Å²) in [5, 5.41) is 0. The summed E-state index contributed by atoms with van der Waals surface area (Å²) in [5.74, 6) is 6.00. The molecular formula is C9H14. The van der Waals surface area contributed by atoms with E-state index in [0.717, 1.165) is 6.42 Å². The van der Waals surface area contributed by atoms with Gasteiger partial charge in [0.05, 0.1) is 0 Å². The lowest BCUT2D eigenvalue weighted by molar-refractivity contribution is 0.513. The summed E-state index contributed by atoms with van der Waals surface area (Å²) in [7, 11) is 0. The van der Waals surface area contributed by atoms with Crippen LogP contribution in [0, 0.1) is 17.3 Å². The number of hydrogen-bond donors (Lipinski definition) is 0. The molecule has 0 nitrogen and oxygen atoms in total. The molecule has 0 aromatic rings. The van der Waals surface area contributed by atoms with E-state index in [1.807, 2.05) is 13.0 Å². The van der Waals surface area contributed by atoms with Gasteiger partial charge in [0.25, 0.3) is 0 Å². The van der Waals surface area contributed by atoms with Gasteiger partial charge in [-0.3, -0.25) is 0 Å². The molecule has 0 heterocycles. The summed E-state index contributed by atoms with van der Waals surface area (Å²) < 4.78 is 0. The van der Waals surface area contributed by atoms with Crippen LogP contribution in [0.1, 0.15) is 27.2 Å². The largest absolute Gasteiger partial charge is 0.106 e. The second-order valence-corrected chi connectivity index (χ2v) is 2.75. The van der Waals surface area contributed by atoms with E-state index in [2.05, 4.69) is 32.3 Å². The Labute approximate surface area is 58.0 Å². The standard InChI is InChI=1S/C9H14/c1-5-7-9(3,4)8-6-2/h5H,1,7H2,2-4H3. The van der Waals surface area contributed by atoms with Gasteiger partial charge in [-0.25, -0.2) is 0 Å². The second kappa shape index (κ2) is 3.35. The van der Waals surface area contributed by atoms with Crippen molar-refractivity contribution in [3.8, 4) is 11.8 Å². The van der Waals surface area contributed by atoms with Crippen LogP contribution in [0.4, 0.5) is 0 Å². The minimum absolute atomic E-state index is 0.122. The van der Waals surface area contributed by atoms with Crippen LogP contribution < -0.4 is 0 Å². The summed E-state index contributed by atoms with van der Waals surface area (Å²) in [5.41, 5.74) is 0.122. The fourth-order valence-electron chi connectivity index (χ4n) is 0.750. The third kappa shape index (κ3) is 3.85. The quantitative estimate of drug-likeness (QED) is 0.390. The van der Waals surface area contributed by atoms with Gasteiger partial charge in [-0.15, -0.1) is 12.5 Å². The molecule has 0 amide bonds.